The van der Waals surface area contributed by atoms with Gasteiger partial charge < -0.3 is 14.8 Å². The number of hydrogen-bond donors (Lipinski definition) is 2. The number of nitrogens with zero attached hydrogens (tertiary/aromatic N) is 3. The zero-order chi connectivity index (χ0) is 13.6. The largest absolute Gasteiger partial charge is 0.508 e. The molecule has 1 aliphatic rings. The molecule has 1 aliphatic heterocycles. The van der Waals surface area contributed by atoms with Crippen LogP contribution in [0.25, 0.3) is 0 Å². The summed E-state index contributed by atoms with van der Waals surface area (Å²) in [5.74, 6) is 1.42. The fraction of sp³-hybridized carbons (Fsp3) is 0.333. The van der Waals surface area contributed by atoms with Gasteiger partial charge in [-0.05, 0) is 12.1 Å². The number of phenolic OH excluding ortho intramolecular Hbond substituents is 1. The van der Waals surface area contributed by atoms with Gasteiger partial charge in [-0.2, -0.15) is 0 Å². The zero-order valence-electron chi connectivity index (χ0n) is 9.85. The topological polar surface area (TPSA) is 71.2 Å². The molecule has 1 aromatic heterocycles. The average Bonchev–Trinajstić information content (AvgIpc) is 2.94. The predicted molar refractivity (Wildman–Crippen MR) is 70.5 cm³/mol. The molecule has 1 aromatic carbocycles. The highest BCUT2D eigenvalue weighted by Crippen LogP contribution is 2.41. The third-order valence-electron chi connectivity index (χ3n) is 3.40. The molecule has 0 saturated heterocycles. The number of aliphatic hydroxyl groups is 1. The smallest absolute Gasteiger partial charge is 0.158 e. The van der Waals surface area contributed by atoms with Crippen LogP contribution in [0.1, 0.15) is 23.1 Å². The lowest BCUT2D eigenvalue weighted by Crippen LogP contribution is -2.06. The molecule has 3 rings (SSSR count). The van der Waals surface area contributed by atoms with E-state index < -0.39 is 0 Å². The van der Waals surface area contributed by atoms with Crippen molar-refractivity contribution in [1.82, 2.24) is 14.8 Å². The van der Waals surface area contributed by atoms with Gasteiger partial charge in [0.25, 0.3) is 0 Å². The normalized spacial score (nSPS) is 17.7. The number of rotatable bonds is 2. The van der Waals surface area contributed by atoms with Crippen molar-refractivity contribution in [3.63, 3.8) is 0 Å². The third kappa shape index (κ3) is 1.98. The second-order valence-electron chi connectivity index (χ2n) is 4.50. The molecule has 0 bridgehead atoms. The molecule has 0 saturated carbocycles. The molecular formula is C12H11Cl2N3O2. The van der Waals surface area contributed by atoms with Gasteiger partial charge in [-0.25, -0.2) is 0 Å². The summed E-state index contributed by atoms with van der Waals surface area (Å²) in [6.45, 7) is 0.417. The summed E-state index contributed by atoms with van der Waals surface area (Å²) in [4.78, 5) is 0. The summed E-state index contributed by atoms with van der Waals surface area (Å²) in [7, 11) is 0. The summed E-state index contributed by atoms with van der Waals surface area (Å²) in [6, 6.07) is 3.10. The highest BCUT2D eigenvalue weighted by Gasteiger charge is 2.30. The minimum atomic E-state index is -0.158. The van der Waals surface area contributed by atoms with Crippen molar-refractivity contribution in [3.05, 3.63) is 39.4 Å². The maximum absolute atomic E-state index is 9.98. The number of hydrogen-bond acceptors (Lipinski definition) is 4. The van der Waals surface area contributed by atoms with E-state index in [0.29, 0.717) is 34.4 Å². The number of halogens is 2. The minimum absolute atomic E-state index is 0.0120. The lowest BCUT2D eigenvalue weighted by molar-refractivity contribution is 0.264. The number of aliphatic hydroxyl groups excluding tert-OH is 1. The monoisotopic (exact) mass is 299 g/mol. The van der Waals surface area contributed by atoms with Crippen molar-refractivity contribution >= 4 is 23.2 Å². The van der Waals surface area contributed by atoms with Gasteiger partial charge >= 0.3 is 0 Å². The molecule has 0 radical (unpaired) electrons. The van der Waals surface area contributed by atoms with Gasteiger partial charge in [-0.3, -0.25) is 0 Å². The molecule has 0 aliphatic carbocycles. The van der Waals surface area contributed by atoms with Crippen molar-refractivity contribution in [2.75, 3.05) is 0 Å². The van der Waals surface area contributed by atoms with Gasteiger partial charge in [0.1, 0.15) is 18.2 Å². The van der Waals surface area contributed by atoms with E-state index in [2.05, 4.69) is 10.2 Å². The molecule has 1 unspecified atom stereocenters. The van der Waals surface area contributed by atoms with Crippen LogP contribution < -0.4 is 0 Å². The molecule has 0 spiro atoms. The lowest BCUT2D eigenvalue weighted by Gasteiger charge is -2.14. The minimum Gasteiger partial charge on any atom is -0.508 e. The Kier molecular flexibility index (Phi) is 3.12. The quantitative estimate of drug-likeness (QED) is 0.891. The number of phenols is 1. The Balaban J connectivity index is 1.99. The Bertz CT molecular complexity index is 642. The summed E-state index contributed by atoms with van der Waals surface area (Å²) in [6.07, 6.45) is 0.612. The van der Waals surface area contributed by atoms with E-state index in [-0.39, 0.29) is 18.3 Å². The van der Waals surface area contributed by atoms with E-state index in [1.165, 1.54) is 6.07 Å². The van der Waals surface area contributed by atoms with Gasteiger partial charge in [0.2, 0.25) is 0 Å². The molecule has 5 nitrogen and oxygen atoms in total. The highest BCUT2D eigenvalue weighted by atomic mass is 35.5. The van der Waals surface area contributed by atoms with E-state index in [4.69, 9.17) is 23.2 Å². The first-order valence-corrected chi connectivity index (χ1v) is 6.56. The van der Waals surface area contributed by atoms with Gasteiger partial charge in [-0.1, -0.05) is 23.2 Å². The molecule has 0 fully saturated rings. The number of aromatic nitrogens is 3. The first-order valence-electron chi connectivity index (χ1n) is 5.80. The van der Waals surface area contributed by atoms with Crippen LogP contribution in [0.15, 0.2) is 12.1 Å². The fourth-order valence-corrected chi connectivity index (χ4v) is 2.97. The molecule has 2 aromatic rings. The number of fused-ring (bicyclic) bond motifs is 1. The highest BCUT2D eigenvalue weighted by molar-refractivity contribution is 6.42. The molecule has 1 atom stereocenters. The average molecular weight is 300 g/mol. The van der Waals surface area contributed by atoms with Gasteiger partial charge in [-0.15, -0.1) is 10.2 Å². The number of benzene rings is 1. The molecule has 19 heavy (non-hydrogen) atoms. The maximum Gasteiger partial charge on any atom is 0.158 e. The third-order valence-corrected chi connectivity index (χ3v) is 4.21. The van der Waals surface area contributed by atoms with Crippen LogP contribution >= 0.6 is 23.2 Å². The Morgan fingerprint density at radius 1 is 1.32 bits per heavy atom. The first kappa shape index (κ1) is 12.7. The van der Waals surface area contributed by atoms with Crippen LogP contribution in [0, 0.1) is 0 Å². The fourth-order valence-electron chi connectivity index (χ4n) is 2.49. The van der Waals surface area contributed by atoms with Gasteiger partial charge in [0.05, 0.1) is 10.0 Å². The van der Waals surface area contributed by atoms with Crippen molar-refractivity contribution in [2.45, 2.75) is 25.5 Å². The van der Waals surface area contributed by atoms with Crippen LogP contribution in [-0.2, 0) is 19.6 Å². The Labute approximate surface area is 119 Å². The van der Waals surface area contributed by atoms with Crippen molar-refractivity contribution < 1.29 is 10.2 Å². The van der Waals surface area contributed by atoms with Crippen LogP contribution in [0.2, 0.25) is 10.0 Å². The molecule has 7 heteroatoms. The summed E-state index contributed by atoms with van der Waals surface area (Å²) >= 11 is 12.2. The molecule has 0 amide bonds. The van der Waals surface area contributed by atoms with E-state index in [1.54, 1.807) is 6.07 Å². The Morgan fingerprint density at radius 2 is 2.11 bits per heavy atom. The van der Waals surface area contributed by atoms with Crippen molar-refractivity contribution in [2.24, 2.45) is 0 Å². The lowest BCUT2D eigenvalue weighted by atomic mass is 9.96. The Hall–Kier alpha value is -1.30. The van der Waals surface area contributed by atoms with Gasteiger partial charge in [0.15, 0.2) is 5.82 Å². The second-order valence-corrected chi connectivity index (χ2v) is 5.28. The summed E-state index contributed by atoms with van der Waals surface area (Å²) in [5, 5.41) is 27.9. The summed E-state index contributed by atoms with van der Waals surface area (Å²) in [5.41, 5.74) is 0.628. The molecule has 2 N–H and O–H groups in total. The second kappa shape index (κ2) is 4.67. The predicted octanol–water partition coefficient (Wildman–Crippen LogP) is 2.12. The number of aromatic hydroxyl groups is 1. The standard InChI is InChI=1S/C12H11Cl2N3O2/c13-7-1-2-8(19)11(12(7)14)6-3-9-15-16-10(5-18)17(9)4-6/h1-2,6,18-19H,3-5H2. The Morgan fingerprint density at radius 3 is 2.84 bits per heavy atom. The van der Waals surface area contributed by atoms with Crippen LogP contribution in [-0.4, -0.2) is 25.0 Å². The zero-order valence-corrected chi connectivity index (χ0v) is 11.4. The van der Waals surface area contributed by atoms with Crippen molar-refractivity contribution in [3.8, 4) is 5.75 Å². The molecule has 2 heterocycles. The van der Waals surface area contributed by atoms with Crippen LogP contribution in [0.3, 0.4) is 0 Å². The molecular weight excluding hydrogens is 289 g/mol. The van der Waals surface area contributed by atoms with E-state index in [1.807, 2.05) is 4.57 Å². The van der Waals surface area contributed by atoms with E-state index >= 15 is 0 Å². The van der Waals surface area contributed by atoms with Gasteiger partial charge in [0, 0.05) is 24.4 Å². The van der Waals surface area contributed by atoms with Crippen molar-refractivity contribution in [1.29, 1.82) is 0 Å². The van der Waals surface area contributed by atoms with E-state index in [0.717, 1.165) is 5.82 Å². The maximum atomic E-state index is 9.98. The molecule has 100 valence electrons. The van der Waals surface area contributed by atoms with Crippen LogP contribution in [0.5, 0.6) is 5.75 Å². The van der Waals surface area contributed by atoms with Crippen LogP contribution in [0.4, 0.5) is 0 Å². The van der Waals surface area contributed by atoms with E-state index in [9.17, 15) is 10.2 Å². The summed E-state index contributed by atoms with van der Waals surface area (Å²) < 4.78 is 1.85. The first-order chi connectivity index (χ1) is 9.11. The SMILES string of the molecule is OCc1nnc2n1CC(c1c(O)ccc(Cl)c1Cl)C2.